The number of ether oxygens (including phenoxy) is 2. The smallest absolute Gasteiger partial charge is 0.133 e. The van der Waals surface area contributed by atoms with Crippen molar-refractivity contribution < 1.29 is 9.47 Å². The van der Waals surface area contributed by atoms with Gasteiger partial charge in [-0.3, -0.25) is 0 Å². The molecule has 0 amide bonds. The molecule has 0 aliphatic rings. The monoisotopic (exact) mass is 343 g/mol. The number of hydrogen-bond donors (Lipinski definition) is 1. The van der Waals surface area contributed by atoms with Gasteiger partial charge in [-0.1, -0.05) is 19.9 Å². The van der Waals surface area contributed by atoms with Crippen LogP contribution in [0.15, 0.2) is 22.7 Å². The van der Waals surface area contributed by atoms with Gasteiger partial charge in [-0.15, -0.1) is 0 Å². The highest BCUT2D eigenvalue weighted by molar-refractivity contribution is 9.10. The molecule has 0 fully saturated rings. The maximum Gasteiger partial charge on any atom is 0.133 e. The topological polar surface area (TPSA) is 30.5 Å². The van der Waals surface area contributed by atoms with Crippen LogP contribution in [0.3, 0.4) is 0 Å². The van der Waals surface area contributed by atoms with Crippen LogP contribution in [0.1, 0.15) is 32.3 Å². The van der Waals surface area contributed by atoms with Crippen molar-refractivity contribution in [3.8, 4) is 5.75 Å². The van der Waals surface area contributed by atoms with E-state index >= 15 is 0 Å². The molecule has 1 rings (SSSR count). The molecule has 20 heavy (non-hydrogen) atoms. The van der Waals surface area contributed by atoms with E-state index in [1.54, 1.807) is 7.11 Å². The summed E-state index contributed by atoms with van der Waals surface area (Å²) < 4.78 is 11.8. The first kappa shape index (κ1) is 17.5. The lowest BCUT2D eigenvalue weighted by Gasteiger charge is -2.11. The van der Waals surface area contributed by atoms with E-state index in [0.717, 1.165) is 48.9 Å². The minimum absolute atomic E-state index is 0.734. The number of benzene rings is 1. The Labute approximate surface area is 131 Å². The summed E-state index contributed by atoms with van der Waals surface area (Å²) in [5.41, 5.74) is 1.24. The summed E-state index contributed by atoms with van der Waals surface area (Å²) in [7, 11) is 1.71. The van der Waals surface area contributed by atoms with Gasteiger partial charge in [0.2, 0.25) is 0 Å². The van der Waals surface area contributed by atoms with Gasteiger partial charge in [0, 0.05) is 20.2 Å². The maximum atomic E-state index is 5.80. The molecule has 114 valence electrons. The molecular formula is C16H26BrNO2. The van der Waals surface area contributed by atoms with Crippen LogP contribution in [-0.2, 0) is 11.3 Å². The summed E-state index contributed by atoms with van der Waals surface area (Å²) in [6.45, 7) is 7.69. The quantitative estimate of drug-likeness (QED) is 0.651. The summed E-state index contributed by atoms with van der Waals surface area (Å²) in [5, 5.41) is 3.33. The van der Waals surface area contributed by atoms with Crippen LogP contribution < -0.4 is 10.1 Å². The van der Waals surface area contributed by atoms with Crippen LogP contribution in [0.5, 0.6) is 5.75 Å². The Morgan fingerprint density at radius 1 is 1.25 bits per heavy atom. The van der Waals surface area contributed by atoms with E-state index in [1.807, 2.05) is 6.07 Å². The van der Waals surface area contributed by atoms with Crippen molar-refractivity contribution in [2.75, 3.05) is 26.9 Å². The standard InChI is InChI=1S/C16H26BrNO2/c1-13(2)5-4-9-20-16-7-6-14(11-15(16)17)12-18-8-10-19-3/h6-7,11,13,18H,4-5,8-10,12H2,1-3H3. The molecule has 4 heteroatoms. The lowest BCUT2D eigenvalue weighted by Crippen LogP contribution is -2.18. The Morgan fingerprint density at radius 2 is 2.05 bits per heavy atom. The Balaban J connectivity index is 2.35. The van der Waals surface area contributed by atoms with Crippen molar-refractivity contribution in [2.24, 2.45) is 5.92 Å². The minimum atomic E-state index is 0.734. The first-order chi connectivity index (χ1) is 9.63. The zero-order valence-electron chi connectivity index (χ0n) is 12.7. The van der Waals surface area contributed by atoms with Crippen molar-refractivity contribution in [3.63, 3.8) is 0 Å². The van der Waals surface area contributed by atoms with Gasteiger partial charge in [0.1, 0.15) is 5.75 Å². The van der Waals surface area contributed by atoms with E-state index < -0.39 is 0 Å². The van der Waals surface area contributed by atoms with Gasteiger partial charge in [0.15, 0.2) is 0 Å². The Morgan fingerprint density at radius 3 is 2.70 bits per heavy atom. The Hall–Kier alpha value is -0.580. The molecule has 0 saturated carbocycles. The summed E-state index contributed by atoms with van der Waals surface area (Å²) >= 11 is 3.57. The SMILES string of the molecule is COCCNCc1ccc(OCCCC(C)C)c(Br)c1. The van der Waals surface area contributed by atoms with Crippen LogP contribution in [0, 0.1) is 5.92 Å². The Bertz CT molecular complexity index is 383. The molecule has 0 aliphatic heterocycles. The average Bonchev–Trinajstić information content (AvgIpc) is 2.41. The van der Waals surface area contributed by atoms with E-state index in [4.69, 9.17) is 9.47 Å². The van der Waals surface area contributed by atoms with Gasteiger partial charge >= 0.3 is 0 Å². The maximum absolute atomic E-state index is 5.80. The fourth-order valence-electron chi connectivity index (χ4n) is 1.85. The summed E-state index contributed by atoms with van der Waals surface area (Å²) in [5.74, 6) is 1.66. The van der Waals surface area contributed by atoms with Crippen LogP contribution in [-0.4, -0.2) is 26.9 Å². The minimum Gasteiger partial charge on any atom is -0.492 e. The highest BCUT2D eigenvalue weighted by atomic mass is 79.9. The van der Waals surface area contributed by atoms with Crippen LogP contribution in [0.2, 0.25) is 0 Å². The van der Waals surface area contributed by atoms with Gasteiger partial charge in [-0.05, 0) is 52.4 Å². The predicted octanol–water partition coefficient (Wildman–Crippen LogP) is 4.00. The Kier molecular flexibility index (Phi) is 8.90. The molecule has 0 unspecified atom stereocenters. The van der Waals surface area contributed by atoms with Crippen molar-refractivity contribution in [1.82, 2.24) is 5.32 Å². The second-order valence-electron chi connectivity index (χ2n) is 5.32. The van der Waals surface area contributed by atoms with Crippen molar-refractivity contribution in [2.45, 2.75) is 33.2 Å². The number of halogens is 1. The molecule has 0 atom stereocenters. The van der Waals surface area contributed by atoms with E-state index in [2.05, 4.69) is 47.2 Å². The van der Waals surface area contributed by atoms with E-state index in [0.29, 0.717) is 0 Å². The molecule has 0 spiro atoms. The number of methoxy groups -OCH3 is 1. The summed E-state index contributed by atoms with van der Waals surface area (Å²) in [6, 6.07) is 6.24. The van der Waals surface area contributed by atoms with Crippen LogP contribution in [0.4, 0.5) is 0 Å². The molecule has 1 N–H and O–H groups in total. The molecule has 3 nitrogen and oxygen atoms in total. The number of rotatable bonds is 10. The van der Waals surface area contributed by atoms with Gasteiger partial charge < -0.3 is 14.8 Å². The molecule has 0 radical (unpaired) electrons. The fourth-order valence-corrected chi connectivity index (χ4v) is 2.39. The second-order valence-corrected chi connectivity index (χ2v) is 6.17. The zero-order valence-corrected chi connectivity index (χ0v) is 14.3. The van der Waals surface area contributed by atoms with Crippen molar-refractivity contribution in [3.05, 3.63) is 28.2 Å². The van der Waals surface area contributed by atoms with Gasteiger partial charge in [-0.2, -0.15) is 0 Å². The van der Waals surface area contributed by atoms with E-state index in [1.165, 1.54) is 12.0 Å². The molecule has 0 aliphatic carbocycles. The highest BCUT2D eigenvalue weighted by Gasteiger charge is 2.03. The third-order valence-electron chi connectivity index (χ3n) is 2.99. The first-order valence-corrected chi connectivity index (χ1v) is 8.03. The normalized spacial score (nSPS) is 11.1. The number of nitrogens with one attached hydrogen (secondary N) is 1. The lowest BCUT2D eigenvalue weighted by molar-refractivity contribution is 0.199. The molecule has 0 bridgehead atoms. The highest BCUT2D eigenvalue weighted by Crippen LogP contribution is 2.26. The fraction of sp³-hybridized carbons (Fsp3) is 0.625. The van der Waals surface area contributed by atoms with Gasteiger partial charge in [-0.25, -0.2) is 0 Å². The van der Waals surface area contributed by atoms with E-state index in [9.17, 15) is 0 Å². The van der Waals surface area contributed by atoms with Crippen molar-refractivity contribution >= 4 is 15.9 Å². The third kappa shape index (κ3) is 7.27. The second kappa shape index (κ2) is 10.2. The lowest BCUT2D eigenvalue weighted by atomic mass is 10.1. The first-order valence-electron chi connectivity index (χ1n) is 7.24. The molecular weight excluding hydrogens is 318 g/mol. The molecule has 0 heterocycles. The summed E-state index contributed by atoms with van der Waals surface area (Å²) in [6.07, 6.45) is 2.31. The van der Waals surface area contributed by atoms with Crippen molar-refractivity contribution in [1.29, 1.82) is 0 Å². The van der Waals surface area contributed by atoms with Gasteiger partial charge in [0.05, 0.1) is 17.7 Å². The summed E-state index contributed by atoms with van der Waals surface area (Å²) in [4.78, 5) is 0. The van der Waals surface area contributed by atoms with Gasteiger partial charge in [0.25, 0.3) is 0 Å². The van der Waals surface area contributed by atoms with Crippen LogP contribution in [0.25, 0.3) is 0 Å². The molecule has 0 aromatic heterocycles. The van der Waals surface area contributed by atoms with Crippen LogP contribution >= 0.6 is 15.9 Å². The largest absolute Gasteiger partial charge is 0.492 e. The zero-order chi connectivity index (χ0) is 14.8. The molecule has 1 aromatic carbocycles. The third-order valence-corrected chi connectivity index (χ3v) is 3.61. The average molecular weight is 344 g/mol. The predicted molar refractivity (Wildman–Crippen MR) is 87.3 cm³/mol. The van der Waals surface area contributed by atoms with E-state index in [-0.39, 0.29) is 0 Å². The molecule has 0 saturated heterocycles. The number of hydrogen-bond acceptors (Lipinski definition) is 3. The molecule has 1 aromatic rings.